The molecule has 1 unspecified atom stereocenters. The van der Waals surface area contributed by atoms with E-state index in [9.17, 15) is 4.79 Å². The van der Waals surface area contributed by atoms with Gasteiger partial charge in [0.05, 0.1) is 6.61 Å². The third-order valence-corrected chi connectivity index (χ3v) is 5.33. The van der Waals surface area contributed by atoms with Crippen LogP contribution in [0, 0.1) is 0 Å². The SMILES string of the molecule is CCOC(=O)C(C)(CCSC1CCOCC1)NC1CC1. The highest BCUT2D eigenvalue weighted by molar-refractivity contribution is 7.99. The summed E-state index contributed by atoms with van der Waals surface area (Å²) in [5.41, 5.74) is -0.519. The average molecular weight is 301 g/mol. The third-order valence-electron chi connectivity index (χ3n) is 3.95. The molecule has 2 aliphatic rings. The van der Waals surface area contributed by atoms with Gasteiger partial charge in [-0.3, -0.25) is 10.1 Å². The number of hydrogen-bond donors (Lipinski definition) is 1. The number of rotatable bonds is 8. The minimum absolute atomic E-state index is 0.0977. The quantitative estimate of drug-likeness (QED) is 0.697. The van der Waals surface area contributed by atoms with Crippen molar-refractivity contribution in [1.29, 1.82) is 0 Å². The molecule has 4 nitrogen and oxygen atoms in total. The van der Waals surface area contributed by atoms with Crippen molar-refractivity contribution < 1.29 is 14.3 Å². The van der Waals surface area contributed by atoms with E-state index in [4.69, 9.17) is 9.47 Å². The monoisotopic (exact) mass is 301 g/mol. The predicted molar refractivity (Wildman–Crippen MR) is 82.1 cm³/mol. The number of carbonyl (C=O) groups is 1. The molecule has 0 aromatic heterocycles. The normalized spacial score (nSPS) is 23.3. The Labute approximate surface area is 126 Å². The van der Waals surface area contributed by atoms with Crippen LogP contribution in [0.15, 0.2) is 0 Å². The van der Waals surface area contributed by atoms with Gasteiger partial charge < -0.3 is 9.47 Å². The van der Waals surface area contributed by atoms with Crippen molar-refractivity contribution in [1.82, 2.24) is 5.32 Å². The lowest BCUT2D eigenvalue weighted by molar-refractivity contribution is -0.150. The lowest BCUT2D eigenvalue weighted by atomic mass is 9.99. The van der Waals surface area contributed by atoms with E-state index in [1.54, 1.807) is 0 Å². The van der Waals surface area contributed by atoms with Crippen molar-refractivity contribution in [2.45, 2.75) is 62.8 Å². The highest BCUT2D eigenvalue weighted by atomic mass is 32.2. The van der Waals surface area contributed by atoms with Gasteiger partial charge >= 0.3 is 5.97 Å². The van der Waals surface area contributed by atoms with Gasteiger partial charge in [-0.05, 0) is 51.7 Å². The predicted octanol–water partition coefficient (Wildman–Crippen LogP) is 2.36. The lowest BCUT2D eigenvalue weighted by Gasteiger charge is -2.29. The van der Waals surface area contributed by atoms with Crippen molar-refractivity contribution in [2.24, 2.45) is 0 Å². The van der Waals surface area contributed by atoms with Gasteiger partial charge in [-0.2, -0.15) is 11.8 Å². The lowest BCUT2D eigenvalue weighted by Crippen LogP contribution is -2.52. The van der Waals surface area contributed by atoms with Crippen LogP contribution in [0.25, 0.3) is 0 Å². The number of carbonyl (C=O) groups excluding carboxylic acids is 1. The van der Waals surface area contributed by atoms with Gasteiger partial charge in [0, 0.05) is 24.5 Å². The first-order chi connectivity index (χ1) is 9.64. The summed E-state index contributed by atoms with van der Waals surface area (Å²) >= 11 is 1.98. The molecule has 0 bridgehead atoms. The topological polar surface area (TPSA) is 47.6 Å². The molecular formula is C15H27NO3S. The smallest absolute Gasteiger partial charge is 0.326 e. The van der Waals surface area contributed by atoms with Gasteiger partial charge in [0.25, 0.3) is 0 Å². The first-order valence-electron chi connectivity index (χ1n) is 7.78. The molecule has 5 heteroatoms. The Balaban J connectivity index is 1.78. The van der Waals surface area contributed by atoms with Crippen LogP contribution in [-0.2, 0) is 14.3 Å². The summed E-state index contributed by atoms with van der Waals surface area (Å²) in [7, 11) is 0. The van der Waals surface area contributed by atoms with Gasteiger partial charge in [0.2, 0.25) is 0 Å². The van der Waals surface area contributed by atoms with Crippen LogP contribution in [0.2, 0.25) is 0 Å². The zero-order chi connectivity index (χ0) is 14.4. The fourth-order valence-corrected chi connectivity index (χ4v) is 3.86. The Morgan fingerprint density at radius 3 is 2.65 bits per heavy atom. The van der Waals surface area contributed by atoms with E-state index >= 15 is 0 Å². The first kappa shape index (κ1) is 16.1. The second kappa shape index (κ2) is 7.66. The molecule has 2 fully saturated rings. The standard InChI is InChI=1S/C15H27NO3S/c1-3-19-14(17)15(2,16-12-4-5-12)8-11-20-13-6-9-18-10-7-13/h12-13,16H,3-11H2,1-2H3. The maximum absolute atomic E-state index is 12.2. The second-order valence-corrected chi connectivity index (χ2v) is 7.31. The highest BCUT2D eigenvalue weighted by Crippen LogP contribution is 2.28. The van der Waals surface area contributed by atoms with Crippen LogP contribution >= 0.6 is 11.8 Å². The van der Waals surface area contributed by atoms with Crippen LogP contribution in [0.4, 0.5) is 0 Å². The van der Waals surface area contributed by atoms with Crippen molar-refractivity contribution in [3.05, 3.63) is 0 Å². The van der Waals surface area contributed by atoms with Gasteiger partial charge in [-0.25, -0.2) is 0 Å². The van der Waals surface area contributed by atoms with Gasteiger partial charge in [0.1, 0.15) is 5.54 Å². The van der Waals surface area contributed by atoms with E-state index in [0.717, 1.165) is 38.2 Å². The third kappa shape index (κ3) is 4.93. The number of nitrogens with one attached hydrogen (secondary N) is 1. The molecule has 1 N–H and O–H groups in total. The number of thioether (sulfide) groups is 1. The minimum atomic E-state index is -0.519. The average Bonchev–Trinajstić information content (AvgIpc) is 3.24. The van der Waals surface area contributed by atoms with E-state index in [1.165, 1.54) is 12.8 Å². The molecule has 1 aliphatic heterocycles. The molecule has 1 saturated carbocycles. The first-order valence-corrected chi connectivity index (χ1v) is 8.83. The summed E-state index contributed by atoms with van der Waals surface area (Å²) in [6.07, 6.45) is 5.47. The van der Waals surface area contributed by atoms with Crippen LogP contribution in [-0.4, -0.2) is 48.4 Å². The highest BCUT2D eigenvalue weighted by Gasteiger charge is 2.39. The number of ether oxygens (including phenoxy) is 2. The van der Waals surface area contributed by atoms with Crippen molar-refractivity contribution in [3.63, 3.8) is 0 Å². The fourth-order valence-electron chi connectivity index (χ4n) is 2.47. The summed E-state index contributed by atoms with van der Waals surface area (Å²) in [5.74, 6) is 0.902. The summed E-state index contributed by atoms with van der Waals surface area (Å²) < 4.78 is 10.6. The molecule has 116 valence electrons. The summed E-state index contributed by atoms with van der Waals surface area (Å²) in [6, 6.07) is 0.512. The summed E-state index contributed by atoms with van der Waals surface area (Å²) in [5, 5.41) is 4.17. The summed E-state index contributed by atoms with van der Waals surface area (Å²) in [6.45, 7) is 6.08. The van der Waals surface area contributed by atoms with Gasteiger partial charge in [-0.15, -0.1) is 0 Å². The molecule has 1 aliphatic carbocycles. The molecule has 0 aromatic carbocycles. The van der Waals surface area contributed by atoms with E-state index in [2.05, 4.69) is 5.32 Å². The second-order valence-electron chi connectivity index (χ2n) is 5.90. The van der Waals surface area contributed by atoms with Crippen LogP contribution in [0.3, 0.4) is 0 Å². The Hall–Kier alpha value is -0.260. The molecule has 1 saturated heterocycles. The van der Waals surface area contributed by atoms with E-state index in [-0.39, 0.29) is 5.97 Å². The van der Waals surface area contributed by atoms with E-state index in [0.29, 0.717) is 17.9 Å². The van der Waals surface area contributed by atoms with Crippen LogP contribution < -0.4 is 5.32 Å². The largest absolute Gasteiger partial charge is 0.465 e. The molecule has 2 rings (SSSR count). The van der Waals surface area contributed by atoms with Crippen molar-refractivity contribution in [2.75, 3.05) is 25.6 Å². The number of hydrogen-bond acceptors (Lipinski definition) is 5. The molecule has 0 spiro atoms. The Morgan fingerprint density at radius 2 is 2.05 bits per heavy atom. The van der Waals surface area contributed by atoms with E-state index in [1.807, 2.05) is 25.6 Å². The number of esters is 1. The molecule has 1 atom stereocenters. The van der Waals surface area contributed by atoms with Crippen molar-refractivity contribution in [3.8, 4) is 0 Å². The Bertz CT molecular complexity index is 316. The van der Waals surface area contributed by atoms with Gasteiger partial charge in [-0.1, -0.05) is 0 Å². The maximum atomic E-state index is 12.2. The zero-order valence-corrected chi connectivity index (χ0v) is 13.5. The van der Waals surface area contributed by atoms with Crippen LogP contribution in [0.5, 0.6) is 0 Å². The van der Waals surface area contributed by atoms with Crippen molar-refractivity contribution >= 4 is 17.7 Å². The molecule has 0 amide bonds. The molecular weight excluding hydrogens is 274 g/mol. The fraction of sp³-hybridized carbons (Fsp3) is 0.933. The maximum Gasteiger partial charge on any atom is 0.326 e. The zero-order valence-electron chi connectivity index (χ0n) is 12.7. The Morgan fingerprint density at radius 1 is 1.35 bits per heavy atom. The van der Waals surface area contributed by atoms with Gasteiger partial charge in [0.15, 0.2) is 0 Å². The van der Waals surface area contributed by atoms with E-state index < -0.39 is 5.54 Å². The molecule has 0 aromatic rings. The molecule has 20 heavy (non-hydrogen) atoms. The summed E-state index contributed by atoms with van der Waals surface area (Å²) in [4.78, 5) is 12.2. The minimum Gasteiger partial charge on any atom is -0.465 e. The Kier molecular flexibility index (Phi) is 6.18. The molecule has 0 radical (unpaired) electrons. The van der Waals surface area contributed by atoms with Crippen LogP contribution in [0.1, 0.15) is 46.0 Å². The molecule has 1 heterocycles.